The minimum Gasteiger partial charge on any atom is -0.409 e. The molecule has 1 fully saturated rings. The summed E-state index contributed by atoms with van der Waals surface area (Å²) in [4.78, 5) is 23.4. The maximum absolute atomic E-state index is 11.9. The maximum Gasteiger partial charge on any atom is 0.233 e. The van der Waals surface area contributed by atoms with Gasteiger partial charge in [0.2, 0.25) is 11.8 Å². The SMILES string of the molecule is CCC(C)NC(=O)CCNC(=O)C1(C(N)=NO)CC1. The van der Waals surface area contributed by atoms with Crippen molar-refractivity contribution in [3.05, 3.63) is 0 Å². The minimum atomic E-state index is -0.859. The lowest BCUT2D eigenvalue weighted by atomic mass is 10.1. The molecule has 0 aromatic heterocycles. The molecule has 19 heavy (non-hydrogen) atoms. The van der Waals surface area contributed by atoms with Crippen LogP contribution < -0.4 is 16.4 Å². The van der Waals surface area contributed by atoms with E-state index in [1.807, 2.05) is 13.8 Å². The Morgan fingerprint density at radius 3 is 2.58 bits per heavy atom. The highest BCUT2D eigenvalue weighted by molar-refractivity contribution is 6.09. The first kappa shape index (κ1) is 15.3. The zero-order valence-electron chi connectivity index (χ0n) is 11.4. The Kier molecular flexibility index (Phi) is 5.14. The number of hydrogen-bond acceptors (Lipinski definition) is 4. The molecule has 1 aliphatic rings. The van der Waals surface area contributed by atoms with Gasteiger partial charge in [0.1, 0.15) is 5.41 Å². The summed E-state index contributed by atoms with van der Waals surface area (Å²) in [6.07, 6.45) is 2.24. The molecule has 0 aromatic rings. The van der Waals surface area contributed by atoms with E-state index in [1.54, 1.807) is 0 Å². The highest BCUT2D eigenvalue weighted by Gasteiger charge is 2.54. The third kappa shape index (κ3) is 3.84. The third-order valence-corrected chi connectivity index (χ3v) is 3.44. The molecule has 0 heterocycles. The Morgan fingerprint density at radius 1 is 1.47 bits per heavy atom. The maximum atomic E-state index is 11.9. The smallest absolute Gasteiger partial charge is 0.233 e. The summed E-state index contributed by atoms with van der Waals surface area (Å²) >= 11 is 0. The van der Waals surface area contributed by atoms with E-state index < -0.39 is 5.41 Å². The van der Waals surface area contributed by atoms with Crippen molar-refractivity contribution in [2.24, 2.45) is 16.3 Å². The van der Waals surface area contributed by atoms with Crippen LogP contribution in [0.4, 0.5) is 0 Å². The average molecular weight is 270 g/mol. The van der Waals surface area contributed by atoms with E-state index in [9.17, 15) is 9.59 Å². The second-order valence-electron chi connectivity index (χ2n) is 4.95. The summed E-state index contributed by atoms with van der Waals surface area (Å²) in [6.45, 7) is 4.16. The van der Waals surface area contributed by atoms with Crippen LogP contribution in [0.5, 0.6) is 0 Å². The van der Waals surface area contributed by atoms with Crippen molar-refractivity contribution in [2.75, 3.05) is 6.54 Å². The molecule has 0 aromatic carbocycles. The van der Waals surface area contributed by atoms with Gasteiger partial charge in [-0.1, -0.05) is 12.1 Å². The first-order valence-corrected chi connectivity index (χ1v) is 6.52. The van der Waals surface area contributed by atoms with Gasteiger partial charge in [-0.15, -0.1) is 0 Å². The lowest BCUT2D eigenvalue weighted by Crippen LogP contribution is -2.42. The molecule has 108 valence electrons. The van der Waals surface area contributed by atoms with E-state index in [2.05, 4.69) is 15.8 Å². The standard InChI is InChI=1S/C12H22N4O3/c1-3-8(2)15-9(17)4-7-14-11(18)12(5-6-12)10(13)16-19/h8,19H,3-7H2,1-2H3,(H2,13,16)(H,14,18)(H,15,17). The zero-order valence-corrected chi connectivity index (χ0v) is 11.4. The number of oxime groups is 1. The molecule has 1 rings (SSSR count). The Labute approximate surface area is 112 Å². The van der Waals surface area contributed by atoms with Crippen molar-refractivity contribution in [1.29, 1.82) is 0 Å². The highest BCUT2D eigenvalue weighted by Crippen LogP contribution is 2.45. The van der Waals surface area contributed by atoms with Crippen molar-refractivity contribution in [2.45, 2.75) is 45.6 Å². The molecule has 1 saturated carbocycles. The number of carbonyl (C=O) groups excluding carboxylic acids is 2. The van der Waals surface area contributed by atoms with Crippen LogP contribution in [0.1, 0.15) is 39.5 Å². The number of nitrogens with zero attached hydrogens (tertiary/aromatic N) is 1. The Morgan fingerprint density at radius 2 is 2.11 bits per heavy atom. The molecule has 0 saturated heterocycles. The van der Waals surface area contributed by atoms with Crippen molar-refractivity contribution in [3.8, 4) is 0 Å². The van der Waals surface area contributed by atoms with Crippen molar-refractivity contribution in [3.63, 3.8) is 0 Å². The van der Waals surface area contributed by atoms with E-state index in [-0.39, 0.29) is 36.7 Å². The van der Waals surface area contributed by atoms with E-state index >= 15 is 0 Å². The van der Waals surface area contributed by atoms with Gasteiger partial charge < -0.3 is 21.6 Å². The van der Waals surface area contributed by atoms with Crippen LogP contribution in [0.15, 0.2) is 5.16 Å². The fourth-order valence-electron chi connectivity index (χ4n) is 1.73. The quantitative estimate of drug-likeness (QED) is 0.224. The van der Waals surface area contributed by atoms with Crippen LogP contribution in [0.25, 0.3) is 0 Å². The Balaban J connectivity index is 2.30. The zero-order chi connectivity index (χ0) is 14.5. The topological polar surface area (TPSA) is 117 Å². The predicted molar refractivity (Wildman–Crippen MR) is 70.6 cm³/mol. The lowest BCUT2D eigenvalue weighted by molar-refractivity contribution is -0.124. The number of amides is 2. The van der Waals surface area contributed by atoms with Crippen LogP contribution >= 0.6 is 0 Å². The van der Waals surface area contributed by atoms with Crippen LogP contribution in [-0.4, -0.2) is 35.4 Å². The molecule has 1 aliphatic carbocycles. The molecule has 1 atom stereocenters. The van der Waals surface area contributed by atoms with Gasteiger partial charge in [-0.05, 0) is 26.2 Å². The third-order valence-electron chi connectivity index (χ3n) is 3.44. The van der Waals surface area contributed by atoms with Gasteiger partial charge in [0, 0.05) is 19.0 Å². The van der Waals surface area contributed by atoms with Gasteiger partial charge in [-0.3, -0.25) is 9.59 Å². The minimum absolute atomic E-state index is 0.0611. The largest absolute Gasteiger partial charge is 0.409 e. The molecule has 7 heteroatoms. The van der Waals surface area contributed by atoms with Crippen LogP contribution in [0.3, 0.4) is 0 Å². The Hall–Kier alpha value is -1.79. The number of carbonyl (C=O) groups is 2. The van der Waals surface area contributed by atoms with Crippen LogP contribution in [0.2, 0.25) is 0 Å². The lowest BCUT2D eigenvalue weighted by Gasteiger charge is -2.14. The summed E-state index contributed by atoms with van der Waals surface area (Å²) in [5.74, 6) is -0.434. The highest BCUT2D eigenvalue weighted by atomic mass is 16.4. The van der Waals surface area contributed by atoms with Gasteiger partial charge in [-0.25, -0.2) is 0 Å². The molecule has 0 spiro atoms. The number of hydrogen-bond donors (Lipinski definition) is 4. The van der Waals surface area contributed by atoms with Crippen LogP contribution in [-0.2, 0) is 9.59 Å². The van der Waals surface area contributed by atoms with Gasteiger partial charge >= 0.3 is 0 Å². The molecule has 1 unspecified atom stereocenters. The fourth-order valence-corrected chi connectivity index (χ4v) is 1.73. The summed E-state index contributed by atoms with van der Waals surface area (Å²) in [5.41, 5.74) is 4.63. The fraction of sp³-hybridized carbons (Fsp3) is 0.750. The molecule has 0 radical (unpaired) electrons. The normalized spacial score (nSPS) is 18.5. The van der Waals surface area contributed by atoms with Crippen molar-refractivity contribution < 1.29 is 14.8 Å². The second-order valence-corrected chi connectivity index (χ2v) is 4.95. The molecular formula is C12H22N4O3. The van der Waals surface area contributed by atoms with E-state index in [0.717, 1.165) is 6.42 Å². The van der Waals surface area contributed by atoms with Crippen molar-refractivity contribution >= 4 is 17.6 Å². The molecule has 7 nitrogen and oxygen atoms in total. The van der Waals surface area contributed by atoms with E-state index in [4.69, 9.17) is 10.9 Å². The predicted octanol–water partition coefficient (Wildman–Crippen LogP) is -0.0660. The van der Waals surface area contributed by atoms with Gasteiger partial charge in [0.25, 0.3) is 0 Å². The van der Waals surface area contributed by atoms with E-state index in [1.165, 1.54) is 0 Å². The average Bonchev–Trinajstić information content (AvgIpc) is 3.18. The molecule has 5 N–H and O–H groups in total. The van der Waals surface area contributed by atoms with Crippen LogP contribution in [0, 0.1) is 5.41 Å². The molecule has 2 amide bonds. The molecule has 0 bridgehead atoms. The van der Waals surface area contributed by atoms with E-state index in [0.29, 0.717) is 12.8 Å². The van der Waals surface area contributed by atoms with Gasteiger partial charge in [0.15, 0.2) is 5.84 Å². The number of amidine groups is 1. The summed E-state index contributed by atoms with van der Waals surface area (Å²) in [6, 6.07) is 0.134. The summed E-state index contributed by atoms with van der Waals surface area (Å²) < 4.78 is 0. The number of nitrogens with one attached hydrogen (secondary N) is 2. The monoisotopic (exact) mass is 270 g/mol. The second kappa shape index (κ2) is 6.40. The first-order chi connectivity index (χ1) is 8.96. The van der Waals surface area contributed by atoms with Gasteiger partial charge in [-0.2, -0.15) is 0 Å². The summed E-state index contributed by atoms with van der Waals surface area (Å²) in [7, 11) is 0. The molecule has 0 aliphatic heterocycles. The summed E-state index contributed by atoms with van der Waals surface area (Å²) in [5, 5.41) is 17.0. The van der Waals surface area contributed by atoms with Gasteiger partial charge in [0.05, 0.1) is 0 Å². The number of rotatable bonds is 7. The Bertz CT molecular complexity index is 377. The first-order valence-electron chi connectivity index (χ1n) is 6.52. The van der Waals surface area contributed by atoms with Crippen molar-refractivity contribution in [1.82, 2.24) is 10.6 Å². The number of nitrogens with two attached hydrogens (primary N) is 1. The molecular weight excluding hydrogens is 248 g/mol.